The second-order valence-corrected chi connectivity index (χ2v) is 11.1. The van der Waals surface area contributed by atoms with Crippen molar-refractivity contribution in [1.82, 2.24) is 15.5 Å². The molecular weight excluding hydrogens is 520 g/mol. The van der Waals surface area contributed by atoms with Crippen molar-refractivity contribution < 1.29 is 38.6 Å². The number of nitrogens with two attached hydrogens (primary N) is 1. The zero-order valence-electron chi connectivity index (χ0n) is 24.5. The van der Waals surface area contributed by atoms with E-state index in [0.717, 1.165) is 0 Å². The number of carbonyl (C=O) groups excluding carboxylic acids is 5. The van der Waals surface area contributed by atoms with Crippen LogP contribution in [0.4, 0.5) is 4.79 Å². The summed E-state index contributed by atoms with van der Waals surface area (Å²) in [5, 5.41) is 15.2. The van der Waals surface area contributed by atoms with E-state index in [1.54, 1.807) is 33.8 Å². The van der Waals surface area contributed by atoms with Gasteiger partial charge in [-0.15, -0.1) is 0 Å². The van der Waals surface area contributed by atoms with Gasteiger partial charge in [-0.05, 0) is 70.6 Å². The summed E-state index contributed by atoms with van der Waals surface area (Å²) in [5.41, 5.74) is 4.76. The first-order valence-electron chi connectivity index (χ1n) is 13.3. The van der Waals surface area contributed by atoms with Gasteiger partial charge in [0, 0.05) is 12.5 Å². The number of nitrogens with zero attached hydrogens (tertiary/aromatic N) is 1. The van der Waals surface area contributed by atoms with Crippen LogP contribution in [0.5, 0.6) is 5.75 Å². The fraction of sp³-hybridized carbons (Fsp3) is 0.607. The van der Waals surface area contributed by atoms with Gasteiger partial charge in [-0.3, -0.25) is 19.2 Å². The van der Waals surface area contributed by atoms with E-state index >= 15 is 0 Å². The maximum atomic E-state index is 14.2. The summed E-state index contributed by atoms with van der Waals surface area (Å²) in [5.74, 6) is -2.58. The Bertz CT molecular complexity index is 1040. The highest BCUT2D eigenvalue weighted by Crippen LogP contribution is 2.29. The zero-order chi connectivity index (χ0) is 30.6. The van der Waals surface area contributed by atoms with Crippen molar-refractivity contribution in [1.29, 1.82) is 0 Å². The number of phenolic OH excluding ortho intramolecular Hbond substituents is 1. The van der Waals surface area contributed by atoms with Gasteiger partial charge >= 0.3 is 12.1 Å². The fourth-order valence-corrected chi connectivity index (χ4v) is 3.95. The molecule has 12 nitrogen and oxygen atoms in total. The number of aromatic hydroxyl groups is 1. The molecule has 0 aliphatic heterocycles. The van der Waals surface area contributed by atoms with Gasteiger partial charge < -0.3 is 35.8 Å². The normalized spacial score (nSPS) is 13.5. The quantitative estimate of drug-likeness (QED) is 0.249. The lowest BCUT2D eigenvalue weighted by Gasteiger charge is -2.38. The fourth-order valence-electron chi connectivity index (χ4n) is 3.95. The number of ether oxygens (including phenoxy) is 2. The topological polar surface area (TPSA) is 177 Å². The van der Waals surface area contributed by atoms with Crippen LogP contribution in [0.3, 0.4) is 0 Å². The molecule has 3 atom stereocenters. The largest absolute Gasteiger partial charge is 0.508 e. The summed E-state index contributed by atoms with van der Waals surface area (Å²) in [7, 11) is 1.18. The Balaban J connectivity index is 3.64. The Morgan fingerprint density at radius 1 is 1.05 bits per heavy atom. The molecule has 0 fully saturated rings. The third-order valence-electron chi connectivity index (χ3n) is 5.91. The molecule has 1 aromatic carbocycles. The molecule has 0 spiro atoms. The number of carbonyl (C=O) groups is 5. The zero-order valence-corrected chi connectivity index (χ0v) is 24.5. The van der Waals surface area contributed by atoms with Gasteiger partial charge in [0.1, 0.15) is 30.0 Å². The molecule has 0 radical (unpaired) electrons. The van der Waals surface area contributed by atoms with Crippen molar-refractivity contribution in [3.63, 3.8) is 0 Å². The van der Waals surface area contributed by atoms with E-state index in [-0.39, 0.29) is 30.1 Å². The van der Waals surface area contributed by atoms with Crippen molar-refractivity contribution >= 4 is 29.8 Å². The standard InChI is InChI=1S/C28H44N4O8/c1-17(2)11-12-18(3)32(26(37)21(13-14-22(29)34)31-27(38)40-28(4,5)6)24(19-9-8-10-20(33)15-19)25(36)30-16-23(35)39-7/h8-10,15,17-18,21,24,33H,11-14,16H2,1-7H3,(H2,29,34)(H,30,36)(H,31,38). The van der Waals surface area contributed by atoms with Gasteiger partial charge in [-0.1, -0.05) is 26.0 Å². The van der Waals surface area contributed by atoms with Crippen LogP contribution >= 0.6 is 0 Å². The van der Waals surface area contributed by atoms with Crippen molar-refractivity contribution in [3.05, 3.63) is 29.8 Å². The molecule has 224 valence electrons. The van der Waals surface area contributed by atoms with Gasteiger partial charge in [-0.25, -0.2) is 4.79 Å². The van der Waals surface area contributed by atoms with Crippen molar-refractivity contribution in [2.45, 2.75) is 91.0 Å². The van der Waals surface area contributed by atoms with Gasteiger partial charge in [0.2, 0.25) is 17.7 Å². The molecule has 0 saturated carbocycles. The van der Waals surface area contributed by atoms with Crippen LogP contribution in [0.1, 0.15) is 78.8 Å². The predicted molar refractivity (Wildman–Crippen MR) is 148 cm³/mol. The van der Waals surface area contributed by atoms with Crippen LogP contribution in [0.2, 0.25) is 0 Å². The number of esters is 1. The molecule has 1 rings (SSSR count). The average molecular weight is 565 g/mol. The first-order valence-corrected chi connectivity index (χ1v) is 13.3. The Hall–Kier alpha value is -3.83. The van der Waals surface area contributed by atoms with E-state index < -0.39 is 60.1 Å². The maximum absolute atomic E-state index is 14.2. The third kappa shape index (κ3) is 11.9. The van der Waals surface area contributed by atoms with E-state index in [2.05, 4.69) is 15.4 Å². The number of amides is 4. The van der Waals surface area contributed by atoms with Crippen LogP contribution in [-0.4, -0.2) is 71.1 Å². The average Bonchev–Trinajstić information content (AvgIpc) is 2.84. The second kappa shape index (κ2) is 15.7. The lowest BCUT2D eigenvalue weighted by molar-refractivity contribution is -0.146. The SMILES string of the molecule is COC(=O)CNC(=O)C(c1cccc(O)c1)N(C(=O)C(CCC(N)=O)NC(=O)OC(C)(C)C)C(C)CCC(C)C. The Morgan fingerprint density at radius 2 is 1.70 bits per heavy atom. The number of primary amides is 1. The van der Waals surface area contributed by atoms with Crippen LogP contribution in [-0.2, 0) is 28.7 Å². The molecular formula is C28H44N4O8. The summed E-state index contributed by atoms with van der Waals surface area (Å²) < 4.78 is 9.95. The Morgan fingerprint density at radius 3 is 2.23 bits per heavy atom. The molecule has 0 saturated heterocycles. The number of hydrogen-bond acceptors (Lipinski definition) is 8. The van der Waals surface area contributed by atoms with Gasteiger partial charge in [-0.2, -0.15) is 0 Å². The minimum atomic E-state index is -1.30. The lowest BCUT2D eigenvalue weighted by Crippen LogP contribution is -2.56. The summed E-state index contributed by atoms with van der Waals surface area (Å²) in [4.78, 5) is 65.2. The molecule has 12 heteroatoms. The monoisotopic (exact) mass is 564 g/mol. The van der Waals surface area contributed by atoms with E-state index in [0.29, 0.717) is 12.8 Å². The minimum Gasteiger partial charge on any atom is -0.508 e. The van der Waals surface area contributed by atoms with E-state index in [4.69, 9.17) is 10.5 Å². The highest BCUT2D eigenvalue weighted by atomic mass is 16.6. The molecule has 5 N–H and O–H groups in total. The first kappa shape index (κ1) is 34.2. The molecule has 0 aromatic heterocycles. The van der Waals surface area contributed by atoms with Crippen molar-refractivity contribution in [2.24, 2.45) is 11.7 Å². The second-order valence-electron chi connectivity index (χ2n) is 11.1. The Labute approximate surface area is 235 Å². The van der Waals surface area contributed by atoms with Gasteiger partial charge in [0.25, 0.3) is 0 Å². The molecule has 0 aliphatic rings. The molecule has 40 heavy (non-hydrogen) atoms. The van der Waals surface area contributed by atoms with Crippen molar-refractivity contribution in [2.75, 3.05) is 13.7 Å². The lowest BCUT2D eigenvalue weighted by atomic mass is 9.96. The first-order chi connectivity index (χ1) is 18.5. The Kier molecular flexibility index (Phi) is 13.4. The molecule has 1 aromatic rings. The highest BCUT2D eigenvalue weighted by Gasteiger charge is 2.39. The maximum Gasteiger partial charge on any atom is 0.408 e. The molecule has 0 heterocycles. The minimum absolute atomic E-state index is 0.136. The summed E-state index contributed by atoms with van der Waals surface area (Å²) >= 11 is 0. The molecule has 0 bridgehead atoms. The highest BCUT2D eigenvalue weighted by molar-refractivity contribution is 5.93. The molecule has 0 aliphatic carbocycles. The number of alkyl carbamates (subject to hydrolysis) is 1. The number of methoxy groups -OCH3 is 1. The summed E-state index contributed by atoms with van der Waals surface area (Å²) in [6, 6.07) is 2.74. The van der Waals surface area contributed by atoms with Crippen LogP contribution in [0, 0.1) is 5.92 Å². The number of nitrogens with one attached hydrogen (secondary N) is 2. The molecule has 4 amide bonds. The smallest absolute Gasteiger partial charge is 0.408 e. The van der Waals surface area contributed by atoms with E-state index in [1.807, 2.05) is 13.8 Å². The predicted octanol–water partition coefficient (Wildman–Crippen LogP) is 2.53. The van der Waals surface area contributed by atoms with E-state index in [1.165, 1.54) is 30.2 Å². The number of rotatable bonds is 14. The number of benzene rings is 1. The third-order valence-corrected chi connectivity index (χ3v) is 5.91. The summed E-state index contributed by atoms with van der Waals surface area (Å²) in [6.45, 7) is 10.4. The number of phenols is 1. The van der Waals surface area contributed by atoms with Gasteiger partial charge in [0.15, 0.2) is 0 Å². The van der Waals surface area contributed by atoms with Gasteiger partial charge in [0.05, 0.1) is 7.11 Å². The summed E-state index contributed by atoms with van der Waals surface area (Å²) in [6.07, 6.45) is -0.0252. The van der Waals surface area contributed by atoms with E-state index in [9.17, 15) is 29.1 Å². The van der Waals surface area contributed by atoms with Crippen LogP contribution < -0.4 is 16.4 Å². The van der Waals surface area contributed by atoms with Crippen LogP contribution in [0.25, 0.3) is 0 Å². The van der Waals surface area contributed by atoms with Crippen LogP contribution in [0.15, 0.2) is 24.3 Å². The van der Waals surface area contributed by atoms with Crippen molar-refractivity contribution in [3.8, 4) is 5.75 Å². The molecule has 3 unspecified atom stereocenters. The number of hydrogen-bond donors (Lipinski definition) is 4.